The standard InChI is InChI=1S/C10H16N4O4/c1-13-7-12-9(14(16)17)8(13)11-6-10(15)2-4-18-5-3-10/h7,11,15H,2-6H2,1H3. The van der Waals surface area contributed by atoms with Crippen LogP contribution < -0.4 is 5.32 Å². The van der Waals surface area contributed by atoms with Crippen LogP contribution in [0.4, 0.5) is 11.6 Å². The van der Waals surface area contributed by atoms with Gasteiger partial charge in [-0.05, 0) is 9.91 Å². The van der Waals surface area contributed by atoms with Crippen LogP contribution in [0, 0.1) is 10.1 Å². The molecule has 0 saturated carbocycles. The van der Waals surface area contributed by atoms with Crippen LogP contribution in [0.5, 0.6) is 0 Å². The minimum Gasteiger partial charge on any atom is -0.388 e. The highest BCUT2D eigenvalue weighted by molar-refractivity contribution is 5.52. The largest absolute Gasteiger partial charge is 0.406 e. The molecule has 2 rings (SSSR count). The number of hydrogen-bond acceptors (Lipinski definition) is 6. The first-order valence-electron chi connectivity index (χ1n) is 5.71. The van der Waals surface area contributed by atoms with Gasteiger partial charge in [0.1, 0.15) is 0 Å². The SMILES string of the molecule is Cn1cnc([N+](=O)[O-])c1NCC1(O)CCOCC1. The highest BCUT2D eigenvalue weighted by Crippen LogP contribution is 2.25. The molecule has 1 fully saturated rings. The molecule has 2 N–H and O–H groups in total. The molecule has 8 nitrogen and oxygen atoms in total. The predicted octanol–water partition coefficient (Wildman–Crippen LogP) is 0.282. The molecule has 1 aromatic rings. The van der Waals surface area contributed by atoms with E-state index in [4.69, 9.17) is 4.74 Å². The van der Waals surface area contributed by atoms with Gasteiger partial charge in [-0.3, -0.25) is 4.57 Å². The second-order valence-corrected chi connectivity index (χ2v) is 4.48. The van der Waals surface area contributed by atoms with Gasteiger partial charge in [0.25, 0.3) is 0 Å². The summed E-state index contributed by atoms with van der Waals surface area (Å²) in [5.41, 5.74) is -0.879. The van der Waals surface area contributed by atoms with Crippen LogP contribution in [0.3, 0.4) is 0 Å². The molecule has 1 aliphatic rings. The van der Waals surface area contributed by atoms with E-state index in [1.807, 2.05) is 0 Å². The fourth-order valence-electron chi connectivity index (χ4n) is 1.93. The summed E-state index contributed by atoms with van der Waals surface area (Å²) >= 11 is 0. The Bertz CT molecular complexity index is 439. The number of aryl methyl sites for hydroxylation is 1. The number of imidazole rings is 1. The van der Waals surface area contributed by atoms with Crippen molar-refractivity contribution in [1.82, 2.24) is 9.55 Å². The van der Waals surface area contributed by atoms with E-state index in [1.165, 1.54) is 10.9 Å². The lowest BCUT2D eigenvalue weighted by molar-refractivity contribution is -0.388. The second-order valence-electron chi connectivity index (χ2n) is 4.48. The summed E-state index contributed by atoms with van der Waals surface area (Å²) < 4.78 is 6.70. The van der Waals surface area contributed by atoms with E-state index in [0.717, 1.165) is 0 Å². The lowest BCUT2D eigenvalue weighted by atomic mass is 9.94. The van der Waals surface area contributed by atoms with Crippen molar-refractivity contribution in [3.63, 3.8) is 0 Å². The van der Waals surface area contributed by atoms with Gasteiger partial charge in [-0.15, -0.1) is 0 Å². The fraction of sp³-hybridized carbons (Fsp3) is 0.700. The Morgan fingerprint density at radius 1 is 1.67 bits per heavy atom. The molecular weight excluding hydrogens is 240 g/mol. The van der Waals surface area contributed by atoms with E-state index in [2.05, 4.69) is 10.3 Å². The minimum absolute atomic E-state index is 0.229. The number of nitrogens with zero attached hydrogens (tertiary/aromatic N) is 3. The van der Waals surface area contributed by atoms with Crippen LogP contribution in [0.1, 0.15) is 12.8 Å². The molecule has 1 aliphatic heterocycles. The van der Waals surface area contributed by atoms with E-state index in [1.54, 1.807) is 7.05 Å². The normalized spacial score (nSPS) is 18.6. The average molecular weight is 256 g/mol. The van der Waals surface area contributed by atoms with Gasteiger partial charge in [0.05, 0.1) is 5.60 Å². The summed E-state index contributed by atoms with van der Waals surface area (Å²) in [6, 6.07) is 0. The van der Waals surface area contributed by atoms with Crippen LogP contribution in [-0.4, -0.2) is 44.9 Å². The lowest BCUT2D eigenvalue weighted by Gasteiger charge is -2.32. The van der Waals surface area contributed by atoms with Gasteiger partial charge in [-0.25, -0.2) is 0 Å². The van der Waals surface area contributed by atoms with Crippen molar-refractivity contribution in [2.24, 2.45) is 7.05 Å². The van der Waals surface area contributed by atoms with E-state index in [9.17, 15) is 15.2 Å². The van der Waals surface area contributed by atoms with Gasteiger partial charge in [-0.2, -0.15) is 0 Å². The van der Waals surface area contributed by atoms with E-state index in [-0.39, 0.29) is 12.4 Å². The molecule has 0 amide bonds. The maximum atomic E-state index is 10.8. The molecule has 1 aromatic heterocycles. The quantitative estimate of drug-likeness (QED) is 0.592. The third-order valence-corrected chi connectivity index (χ3v) is 3.10. The fourth-order valence-corrected chi connectivity index (χ4v) is 1.93. The van der Waals surface area contributed by atoms with Gasteiger partial charge in [0.15, 0.2) is 0 Å². The maximum Gasteiger partial charge on any atom is 0.406 e. The monoisotopic (exact) mass is 256 g/mol. The first-order chi connectivity index (χ1) is 8.52. The Labute approximate surface area is 104 Å². The van der Waals surface area contributed by atoms with Crippen molar-refractivity contribution in [3.8, 4) is 0 Å². The van der Waals surface area contributed by atoms with Crippen molar-refractivity contribution in [2.45, 2.75) is 18.4 Å². The summed E-state index contributed by atoms with van der Waals surface area (Å²) in [7, 11) is 1.66. The zero-order valence-electron chi connectivity index (χ0n) is 10.1. The molecule has 0 spiro atoms. The Morgan fingerprint density at radius 3 is 2.94 bits per heavy atom. The summed E-state index contributed by atoms with van der Waals surface area (Å²) in [5.74, 6) is 0.0769. The number of rotatable bonds is 4. The highest BCUT2D eigenvalue weighted by atomic mass is 16.6. The van der Waals surface area contributed by atoms with Gasteiger partial charge in [0, 0.05) is 39.6 Å². The van der Waals surface area contributed by atoms with Gasteiger partial charge < -0.3 is 25.3 Å². The third-order valence-electron chi connectivity index (χ3n) is 3.10. The Morgan fingerprint density at radius 2 is 2.33 bits per heavy atom. The number of nitro groups is 1. The maximum absolute atomic E-state index is 10.8. The molecule has 18 heavy (non-hydrogen) atoms. The van der Waals surface area contributed by atoms with Crippen LogP contribution >= 0.6 is 0 Å². The number of aliphatic hydroxyl groups is 1. The number of nitrogens with one attached hydrogen (secondary N) is 1. The molecule has 0 bridgehead atoms. The van der Waals surface area contributed by atoms with Gasteiger partial charge in [0.2, 0.25) is 12.1 Å². The predicted molar refractivity (Wildman–Crippen MR) is 63.4 cm³/mol. The topological polar surface area (TPSA) is 102 Å². The molecule has 2 heterocycles. The van der Waals surface area contributed by atoms with Crippen LogP contribution in [0.25, 0.3) is 0 Å². The van der Waals surface area contributed by atoms with E-state index in [0.29, 0.717) is 31.9 Å². The zero-order chi connectivity index (χ0) is 13.2. The van der Waals surface area contributed by atoms with Gasteiger partial charge in [-0.1, -0.05) is 0 Å². The van der Waals surface area contributed by atoms with Crippen LogP contribution in [0.2, 0.25) is 0 Å². The van der Waals surface area contributed by atoms with Crippen molar-refractivity contribution in [1.29, 1.82) is 0 Å². The molecule has 1 saturated heterocycles. The first kappa shape index (κ1) is 12.8. The summed E-state index contributed by atoms with van der Waals surface area (Å²) in [4.78, 5) is 13.9. The molecule has 100 valence electrons. The number of hydrogen-bond donors (Lipinski definition) is 2. The number of anilines is 1. The molecule has 0 aromatic carbocycles. The van der Waals surface area contributed by atoms with Crippen molar-refractivity contribution in [2.75, 3.05) is 25.1 Å². The average Bonchev–Trinajstić information content (AvgIpc) is 2.69. The molecule has 0 unspecified atom stereocenters. The molecule has 0 radical (unpaired) electrons. The Kier molecular flexibility index (Phi) is 3.48. The van der Waals surface area contributed by atoms with Gasteiger partial charge >= 0.3 is 5.82 Å². The van der Waals surface area contributed by atoms with Crippen molar-refractivity contribution < 1.29 is 14.8 Å². The summed E-state index contributed by atoms with van der Waals surface area (Å²) in [5, 5.41) is 23.9. The van der Waals surface area contributed by atoms with Crippen molar-refractivity contribution in [3.05, 3.63) is 16.4 Å². The molecule has 8 heteroatoms. The summed E-state index contributed by atoms with van der Waals surface area (Å²) in [6.45, 7) is 1.26. The summed E-state index contributed by atoms with van der Waals surface area (Å²) in [6.07, 6.45) is 2.41. The zero-order valence-corrected chi connectivity index (χ0v) is 10.1. The van der Waals surface area contributed by atoms with E-state index >= 15 is 0 Å². The third kappa shape index (κ3) is 2.59. The number of aromatic nitrogens is 2. The number of ether oxygens (including phenoxy) is 1. The second kappa shape index (κ2) is 4.91. The first-order valence-corrected chi connectivity index (χ1v) is 5.71. The minimum atomic E-state index is -0.879. The molecule has 0 aliphatic carbocycles. The lowest BCUT2D eigenvalue weighted by Crippen LogP contribution is -2.42. The van der Waals surface area contributed by atoms with Crippen molar-refractivity contribution >= 4 is 11.6 Å². The Hall–Kier alpha value is -1.67. The molecule has 0 atom stereocenters. The molecular formula is C10H16N4O4. The smallest absolute Gasteiger partial charge is 0.388 e. The van der Waals surface area contributed by atoms with Crippen LogP contribution in [0.15, 0.2) is 6.33 Å². The Balaban J connectivity index is 2.05. The van der Waals surface area contributed by atoms with E-state index < -0.39 is 10.5 Å². The highest BCUT2D eigenvalue weighted by Gasteiger charge is 2.31. The van der Waals surface area contributed by atoms with Crippen LogP contribution in [-0.2, 0) is 11.8 Å².